The standard InChI is InChI=1S/C16H18N4O3/c1-2-6-13(16(22)23)18-14-10-9-12(19-20-14)15(21)17-11-7-4-3-5-8-11/h3-5,7-10,13H,2,6H2,1H3,(H,17,21)(H,18,20)(H,22,23). The van der Waals surface area contributed by atoms with Gasteiger partial charge in [-0.3, -0.25) is 4.79 Å². The van der Waals surface area contributed by atoms with Gasteiger partial charge in [-0.2, -0.15) is 0 Å². The van der Waals surface area contributed by atoms with Crippen molar-refractivity contribution in [1.29, 1.82) is 0 Å². The molecule has 0 aliphatic heterocycles. The first-order chi connectivity index (χ1) is 11.1. The van der Waals surface area contributed by atoms with E-state index < -0.39 is 12.0 Å². The number of carbonyl (C=O) groups is 2. The number of para-hydroxylation sites is 1. The van der Waals surface area contributed by atoms with E-state index in [1.807, 2.05) is 25.1 Å². The van der Waals surface area contributed by atoms with E-state index in [0.29, 0.717) is 17.9 Å². The fourth-order valence-corrected chi connectivity index (χ4v) is 1.97. The quantitative estimate of drug-likeness (QED) is 0.725. The highest BCUT2D eigenvalue weighted by molar-refractivity contribution is 6.02. The van der Waals surface area contributed by atoms with E-state index >= 15 is 0 Å². The van der Waals surface area contributed by atoms with Gasteiger partial charge in [0.1, 0.15) is 11.9 Å². The van der Waals surface area contributed by atoms with Gasteiger partial charge in [-0.1, -0.05) is 31.5 Å². The summed E-state index contributed by atoms with van der Waals surface area (Å²) < 4.78 is 0. The van der Waals surface area contributed by atoms with E-state index in [0.717, 1.165) is 6.42 Å². The molecule has 0 radical (unpaired) electrons. The summed E-state index contributed by atoms with van der Waals surface area (Å²) in [4.78, 5) is 23.1. The molecule has 0 spiro atoms. The van der Waals surface area contributed by atoms with E-state index in [4.69, 9.17) is 5.11 Å². The Kier molecular flexibility index (Phi) is 5.62. The highest BCUT2D eigenvalue weighted by Crippen LogP contribution is 2.10. The molecule has 120 valence electrons. The van der Waals surface area contributed by atoms with E-state index in [1.54, 1.807) is 18.2 Å². The molecule has 23 heavy (non-hydrogen) atoms. The lowest BCUT2D eigenvalue weighted by molar-refractivity contribution is -0.138. The van der Waals surface area contributed by atoms with E-state index in [-0.39, 0.29) is 11.6 Å². The normalized spacial score (nSPS) is 11.5. The molecule has 0 fully saturated rings. The lowest BCUT2D eigenvalue weighted by atomic mass is 10.2. The Morgan fingerprint density at radius 2 is 1.87 bits per heavy atom. The smallest absolute Gasteiger partial charge is 0.326 e. The number of rotatable bonds is 7. The Bertz CT molecular complexity index is 659. The van der Waals surface area contributed by atoms with Crippen LogP contribution in [0.5, 0.6) is 0 Å². The second-order valence-electron chi connectivity index (χ2n) is 4.95. The number of aliphatic carboxylic acids is 1. The van der Waals surface area contributed by atoms with Crippen LogP contribution in [0.1, 0.15) is 30.3 Å². The molecule has 1 atom stereocenters. The van der Waals surface area contributed by atoms with Gasteiger partial charge in [0.2, 0.25) is 0 Å². The van der Waals surface area contributed by atoms with Crippen molar-refractivity contribution in [3.05, 3.63) is 48.2 Å². The van der Waals surface area contributed by atoms with E-state index in [1.165, 1.54) is 6.07 Å². The number of aromatic nitrogens is 2. The van der Waals surface area contributed by atoms with Gasteiger partial charge in [-0.25, -0.2) is 4.79 Å². The third kappa shape index (κ3) is 4.77. The van der Waals surface area contributed by atoms with Crippen LogP contribution in [0.4, 0.5) is 11.5 Å². The summed E-state index contributed by atoms with van der Waals surface area (Å²) in [5, 5.41) is 22.3. The maximum absolute atomic E-state index is 12.0. The number of nitrogens with zero attached hydrogens (tertiary/aromatic N) is 2. The Balaban J connectivity index is 2.01. The number of amides is 1. The van der Waals surface area contributed by atoms with Crippen molar-refractivity contribution in [2.24, 2.45) is 0 Å². The van der Waals surface area contributed by atoms with Crippen molar-refractivity contribution < 1.29 is 14.7 Å². The summed E-state index contributed by atoms with van der Waals surface area (Å²) in [6.07, 6.45) is 1.21. The zero-order chi connectivity index (χ0) is 16.7. The molecule has 0 aliphatic rings. The Morgan fingerprint density at radius 3 is 2.43 bits per heavy atom. The van der Waals surface area contributed by atoms with Gasteiger partial charge >= 0.3 is 5.97 Å². The predicted octanol–water partition coefficient (Wildman–Crippen LogP) is 2.39. The molecular weight excluding hydrogens is 296 g/mol. The van der Waals surface area contributed by atoms with E-state index in [9.17, 15) is 9.59 Å². The molecule has 1 aromatic heterocycles. The van der Waals surface area contributed by atoms with Crippen molar-refractivity contribution in [3.63, 3.8) is 0 Å². The summed E-state index contributed by atoms with van der Waals surface area (Å²) in [6.45, 7) is 1.90. The maximum atomic E-state index is 12.0. The molecule has 1 amide bonds. The van der Waals surface area contributed by atoms with Crippen LogP contribution < -0.4 is 10.6 Å². The zero-order valence-electron chi connectivity index (χ0n) is 12.7. The number of hydrogen-bond acceptors (Lipinski definition) is 5. The van der Waals surface area contributed by atoms with Crippen LogP contribution in [0.25, 0.3) is 0 Å². The Labute approximate surface area is 133 Å². The monoisotopic (exact) mass is 314 g/mol. The topological polar surface area (TPSA) is 104 Å². The molecule has 2 rings (SSSR count). The fourth-order valence-electron chi connectivity index (χ4n) is 1.97. The summed E-state index contributed by atoms with van der Waals surface area (Å²) in [7, 11) is 0. The maximum Gasteiger partial charge on any atom is 0.326 e. The number of carbonyl (C=O) groups excluding carboxylic acids is 1. The Hall–Kier alpha value is -2.96. The number of anilines is 2. The molecule has 0 bridgehead atoms. The van der Waals surface area contributed by atoms with Crippen LogP contribution in [0, 0.1) is 0 Å². The van der Waals surface area contributed by atoms with Gasteiger partial charge in [0.25, 0.3) is 5.91 Å². The molecule has 0 saturated carbocycles. The van der Waals surface area contributed by atoms with Crippen molar-refractivity contribution in [2.75, 3.05) is 10.6 Å². The summed E-state index contributed by atoms with van der Waals surface area (Å²) in [6, 6.07) is 11.3. The van der Waals surface area contributed by atoms with Gasteiger partial charge in [-0.05, 0) is 30.7 Å². The molecule has 0 aliphatic carbocycles. The largest absolute Gasteiger partial charge is 0.480 e. The SMILES string of the molecule is CCCC(Nc1ccc(C(=O)Nc2ccccc2)nn1)C(=O)O. The number of carboxylic acids is 1. The minimum Gasteiger partial charge on any atom is -0.480 e. The molecule has 3 N–H and O–H groups in total. The van der Waals surface area contributed by atoms with E-state index in [2.05, 4.69) is 20.8 Å². The molecule has 0 saturated heterocycles. The van der Waals surface area contributed by atoms with Crippen molar-refractivity contribution >= 4 is 23.4 Å². The first kappa shape index (κ1) is 16.4. The highest BCUT2D eigenvalue weighted by Gasteiger charge is 2.17. The minimum absolute atomic E-state index is 0.154. The first-order valence-electron chi connectivity index (χ1n) is 7.29. The highest BCUT2D eigenvalue weighted by atomic mass is 16.4. The van der Waals surface area contributed by atoms with Crippen LogP contribution in [-0.4, -0.2) is 33.2 Å². The molecule has 1 heterocycles. The van der Waals surface area contributed by atoms with Crippen molar-refractivity contribution in [2.45, 2.75) is 25.8 Å². The minimum atomic E-state index is -0.945. The van der Waals surface area contributed by atoms with Gasteiger partial charge in [0.15, 0.2) is 5.69 Å². The summed E-state index contributed by atoms with van der Waals surface area (Å²) in [5.41, 5.74) is 0.817. The summed E-state index contributed by atoms with van der Waals surface area (Å²) in [5.74, 6) is -1.000. The predicted molar refractivity (Wildman–Crippen MR) is 86.4 cm³/mol. The molecule has 2 aromatic rings. The van der Waals surface area contributed by atoms with Crippen molar-refractivity contribution in [3.8, 4) is 0 Å². The third-order valence-electron chi connectivity index (χ3n) is 3.13. The van der Waals surface area contributed by atoms with Crippen LogP contribution in [-0.2, 0) is 4.79 Å². The Morgan fingerprint density at radius 1 is 1.13 bits per heavy atom. The molecule has 1 unspecified atom stereocenters. The molecule has 1 aromatic carbocycles. The molecule has 7 heteroatoms. The third-order valence-corrected chi connectivity index (χ3v) is 3.13. The lowest BCUT2D eigenvalue weighted by Crippen LogP contribution is -2.29. The fraction of sp³-hybridized carbons (Fsp3) is 0.250. The average Bonchev–Trinajstić information content (AvgIpc) is 2.56. The van der Waals surface area contributed by atoms with Crippen LogP contribution in [0.15, 0.2) is 42.5 Å². The average molecular weight is 314 g/mol. The van der Waals surface area contributed by atoms with Crippen LogP contribution in [0.3, 0.4) is 0 Å². The van der Waals surface area contributed by atoms with Gasteiger partial charge in [0, 0.05) is 5.69 Å². The summed E-state index contributed by atoms with van der Waals surface area (Å²) >= 11 is 0. The number of benzene rings is 1. The van der Waals surface area contributed by atoms with Gasteiger partial charge < -0.3 is 15.7 Å². The number of hydrogen-bond donors (Lipinski definition) is 3. The van der Waals surface area contributed by atoms with Gasteiger partial charge in [0.05, 0.1) is 0 Å². The van der Waals surface area contributed by atoms with Crippen LogP contribution in [0.2, 0.25) is 0 Å². The first-order valence-corrected chi connectivity index (χ1v) is 7.29. The second-order valence-corrected chi connectivity index (χ2v) is 4.95. The van der Waals surface area contributed by atoms with Crippen molar-refractivity contribution in [1.82, 2.24) is 10.2 Å². The lowest BCUT2D eigenvalue weighted by Gasteiger charge is -2.13. The molecular formula is C16H18N4O3. The second kappa shape index (κ2) is 7.88. The van der Waals surface area contributed by atoms with Crippen LogP contribution >= 0.6 is 0 Å². The number of nitrogens with one attached hydrogen (secondary N) is 2. The molecule has 7 nitrogen and oxygen atoms in total. The van der Waals surface area contributed by atoms with Gasteiger partial charge in [-0.15, -0.1) is 10.2 Å². The zero-order valence-corrected chi connectivity index (χ0v) is 12.7. The number of carboxylic acid groups (broad SMARTS) is 1.